The smallest absolute Gasteiger partial charge is 0.250 e. The Morgan fingerprint density at radius 2 is 2.23 bits per heavy atom. The molecule has 1 aromatic heterocycles. The zero-order valence-electron chi connectivity index (χ0n) is 8.11. The molecule has 0 aliphatic rings. The van der Waals surface area contributed by atoms with Gasteiger partial charge in [-0.2, -0.15) is 0 Å². The fourth-order valence-corrected chi connectivity index (χ4v) is 1.47. The maximum Gasteiger partial charge on any atom is 0.250 e. The van der Waals surface area contributed by atoms with Crippen LogP contribution in [0.4, 0.5) is 0 Å². The monoisotopic (exact) mass is 192 g/mol. The van der Waals surface area contributed by atoms with Crippen molar-refractivity contribution in [2.45, 2.75) is 4.90 Å². The summed E-state index contributed by atoms with van der Waals surface area (Å²) in [6.07, 6.45) is 0. The third-order valence-electron chi connectivity index (χ3n) is 2.02. The molecule has 0 saturated carbocycles. The Bertz CT molecular complexity index is 562. The number of thiol groups is 1. The second kappa shape index (κ2) is 2.92. The van der Waals surface area contributed by atoms with E-state index in [0.717, 1.165) is 10.9 Å². The Morgan fingerprint density at radius 3 is 3.00 bits per heavy atom. The standard InChI is InChI=1S/C10H9NOS/c1-11-9-6-8(13)4-2-7(9)3-5-10(11)12/h2-6,13H,1H3/i2D. The van der Waals surface area contributed by atoms with Crippen molar-refractivity contribution in [1.29, 1.82) is 0 Å². The van der Waals surface area contributed by atoms with Gasteiger partial charge in [0.25, 0.3) is 5.56 Å². The summed E-state index contributed by atoms with van der Waals surface area (Å²) in [6, 6.07) is 6.99. The minimum Gasteiger partial charge on any atom is -0.311 e. The fourth-order valence-electron chi connectivity index (χ4n) is 1.28. The maximum absolute atomic E-state index is 11.3. The summed E-state index contributed by atoms with van der Waals surface area (Å²) in [7, 11) is 1.69. The molecule has 0 aliphatic heterocycles. The van der Waals surface area contributed by atoms with Crippen LogP contribution in [0.25, 0.3) is 10.9 Å². The van der Waals surface area contributed by atoms with Crippen LogP contribution in [-0.4, -0.2) is 4.57 Å². The molecule has 0 unspecified atom stereocenters. The molecular formula is C10H9NOS. The van der Waals surface area contributed by atoms with Crippen molar-refractivity contribution >= 4 is 23.5 Å². The highest BCUT2D eigenvalue weighted by molar-refractivity contribution is 7.80. The van der Waals surface area contributed by atoms with Gasteiger partial charge in [0, 0.05) is 18.0 Å². The van der Waals surface area contributed by atoms with Gasteiger partial charge in [0.1, 0.15) is 0 Å². The van der Waals surface area contributed by atoms with Gasteiger partial charge in [-0.25, -0.2) is 0 Å². The van der Waals surface area contributed by atoms with E-state index in [4.69, 9.17) is 1.37 Å². The molecule has 1 heterocycles. The van der Waals surface area contributed by atoms with E-state index in [2.05, 4.69) is 12.6 Å². The van der Waals surface area contributed by atoms with E-state index < -0.39 is 0 Å². The molecule has 0 saturated heterocycles. The summed E-state index contributed by atoms with van der Waals surface area (Å²) in [5, 5.41) is 0.768. The molecule has 0 bridgehead atoms. The first-order valence-corrected chi connectivity index (χ1v) is 4.33. The Kier molecular flexibility index (Phi) is 1.62. The summed E-state index contributed by atoms with van der Waals surface area (Å²) >= 11 is 4.18. The Labute approximate surface area is 82.6 Å². The summed E-state index contributed by atoms with van der Waals surface area (Å²) in [6.45, 7) is 0. The molecule has 0 N–H and O–H groups in total. The lowest BCUT2D eigenvalue weighted by Crippen LogP contribution is -2.14. The molecule has 2 nitrogen and oxygen atoms in total. The molecule has 0 fully saturated rings. The molecule has 0 radical (unpaired) electrons. The number of rotatable bonds is 0. The highest BCUT2D eigenvalue weighted by Gasteiger charge is 1.98. The van der Waals surface area contributed by atoms with Gasteiger partial charge in [0.2, 0.25) is 0 Å². The summed E-state index contributed by atoms with van der Waals surface area (Å²) in [5.41, 5.74) is 0.672. The summed E-state index contributed by atoms with van der Waals surface area (Å²) in [5.74, 6) is 0. The second-order valence-electron chi connectivity index (χ2n) is 2.89. The summed E-state index contributed by atoms with van der Waals surface area (Å²) in [4.78, 5) is 12.0. The lowest BCUT2D eigenvalue weighted by molar-refractivity contribution is 0.904. The molecule has 1 aromatic carbocycles. The van der Waals surface area contributed by atoms with Gasteiger partial charge in [-0.1, -0.05) is 6.04 Å². The van der Waals surface area contributed by atoms with Gasteiger partial charge in [0.15, 0.2) is 0 Å². The van der Waals surface area contributed by atoms with Crippen molar-refractivity contribution in [1.82, 2.24) is 4.57 Å². The van der Waals surface area contributed by atoms with Crippen molar-refractivity contribution in [2.75, 3.05) is 0 Å². The second-order valence-corrected chi connectivity index (χ2v) is 3.40. The van der Waals surface area contributed by atoms with E-state index in [0.29, 0.717) is 10.9 Å². The number of benzene rings is 1. The minimum atomic E-state index is -0.0733. The number of hydrogen-bond donors (Lipinski definition) is 1. The number of hydrogen-bond acceptors (Lipinski definition) is 2. The van der Waals surface area contributed by atoms with Crippen LogP contribution in [0, 0.1) is 0 Å². The van der Waals surface area contributed by atoms with Gasteiger partial charge in [0.05, 0.1) is 6.89 Å². The van der Waals surface area contributed by atoms with Crippen LogP contribution >= 0.6 is 12.6 Å². The molecule has 0 amide bonds. The first-order chi connectivity index (χ1) is 6.59. The quantitative estimate of drug-likeness (QED) is 0.632. The van der Waals surface area contributed by atoms with Gasteiger partial charge < -0.3 is 4.57 Å². The van der Waals surface area contributed by atoms with Crippen LogP contribution in [0.2, 0.25) is 0 Å². The van der Waals surface area contributed by atoms with Crippen molar-refractivity contribution in [3.8, 4) is 0 Å². The highest BCUT2D eigenvalue weighted by Crippen LogP contribution is 2.15. The molecule has 2 rings (SSSR count). The highest BCUT2D eigenvalue weighted by atomic mass is 32.1. The van der Waals surface area contributed by atoms with Crippen LogP contribution in [0.3, 0.4) is 0 Å². The molecule has 2 aromatic rings. The normalized spacial score (nSPS) is 11.7. The predicted molar refractivity (Wildman–Crippen MR) is 56.4 cm³/mol. The largest absolute Gasteiger partial charge is 0.311 e. The Hall–Kier alpha value is -1.22. The van der Waals surface area contributed by atoms with E-state index in [1.807, 2.05) is 0 Å². The number of aryl methyl sites for hydroxylation is 1. The number of fused-ring (bicyclic) bond motifs is 1. The van der Waals surface area contributed by atoms with Crippen LogP contribution in [-0.2, 0) is 7.05 Å². The summed E-state index contributed by atoms with van der Waals surface area (Å²) < 4.78 is 9.23. The van der Waals surface area contributed by atoms with Crippen molar-refractivity contribution in [3.63, 3.8) is 0 Å². The van der Waals surface area contributed by atoms with E-state index >= 15 is 0 Å². The van der Waals surface area contributed by atoms with Crippen LogP contribution in [0.5, 0.6) is 0 Å². The minimum absolute atomic E-state index is 0.0733. The fraction of sp³-hybridized carbons (Fsp3) is 0.100. The molecule has 13 heavy (non-hydrogen) atoms. The lowest BCUT2D eigenvalue weighted by atomic mass is 10.2. The van der Waals surface area contributed by atoms with Gasteiger partial charge in [-0.05, 0) is 23.6 Å². The molecule has 0 aliphatic carbocycles. The molecule has 0 spiro atoms. The topological polar surface area (TPSA) is 22.0 Å². The number of aromatic nitrogens is 1. The number of pyridine rings is 1. The molecular weight excluding hydrogens is 182 g/mol. The first kappa shape index (κ1) is 7.21. The first-order valence-electron chi connectivity index (χ1n) is 4.39. The van der Waals surface area contributed by atoms with Gasteiger partial charge >= 0.3 is 0 Å². The zero-order chi connectivity index (χ0) is 10.3. The Balaban J connectivity index is 3.02. The van der Waals surface area contributed by atoms with E-state index in [9.17, 15) is 4.79 Å². The predicted octanol–water partition coefficient (Wildman–Crippen LogP) is 1.83. The Morgan fingerprint density at radius 1 is 1.46 bits per heavy atom. The molecule has 3 heteroatoms. The van der Waals surface area contributed by atoms with E-state index in [1.54, 1.807) is 25.2 Å². The van der Waals surface area contributed by atoms with Gasteiger partial charge in [-0.3, -0.25) is 4.79 Å². The van der Waals surface area contributed by atoms with Crippen LogP contribution in [0.15, 0.2) is 40.0 Å². The zero-order valence-corrected chi connectivity index (χ0v) is 8.01. The van der Waals surface area contributed by atoms with Crippen molar-refractivity contribution < 1.29 is 1.37 Å². The molecule has 0 atom stereocenters. The maximum atomic E-state index is 11.3. The average Bonchev–Trinajstić information content (AvgIpc) is 2.12. The van der Waals surface area contributed by atoms with Crippen molar-refractivity contribution in [3.05, 3.63) is 40.7 Å². The van der Waals surface area contributed by atoms with Crippen LogP contribution < -0.4 is 5.56 Å². The van der Waals surface area contributed by atoms with E-state index in [-0.39, 0.29) is 5.56 Å². The molecule has 66 valence electrons. The SMILES string of the molecule is [2H]c1cc(S)cc2c1ccc(=O)n2C. The average molecular weight is 192 g/mol. The third-order valence-corrected chi connectivity index (χ3v) is 2.28. The lowest BCUT2D eigenvalue weighted by Gasteiger charge is -2.03. The van der Waals surface area contributed by atoms with Crippen molar-refractivity contribution in [2.24, 2.45) is 7.05 Å². The third kappa shape index (κ3) is 1.35. The van der Waals surface area contributed by atoms with E-state index in [1.165, 1.54) is 10.6 Å². The number of nitrogens with zero attached hydrogens (tertiary/aromatic N) is 1. The van der Waals surface area contributed by atoms with Crippen LogP contribution in [0.1, 0.15) is 1.37 Å². The van der Waals surface area contributed by atoms with Gasteiger partial charge in [-0.15, -0.1) is 12.6 Å².